The molecule has 1 N–H and O–H groups in total. The average molecular weight is 312 g/mol. The van der Waals surface area contributed by atoms with Crippen LogP contribution in [0, 0.1) is 0 Å². The lowest BCUT2D eigenvalue weighted by Crippen LogP contribution is -2.19. The molecule has 108 valence electrons. The fourth-order valence-corrected chi connectivity index (χ4v) is 2.55. The standard InChI is InChI=1S/C15H19Cl2N3/c1-10(2)20-7-6-13(19-20)9-18-11(3)14-5-4-12(16)8-15(14)17/h4-8,10-11,18H,9H2,1-3H3. The first-order chi connectivity index (χ1) is 9.47. The summed E-state index contributed by atoms with van der Waals surface area (Å²) in [7, 11) is 0. The molecular weight excluding hydrogens is 293 g/mol. The number of nitrogens with one attached hydrogen (secondary N) is 1. The normalized spacial score (nSPS) is 12.9. The largest absolute Gasteiger partial charge is 0.304 e. The van der Waals surface area contributed by atoms with Gasteiger partial charge in [0, 0.05) is 34.9 Å². The second-order valence-electron chi connectivity index (χ2n) is 5.15. The molecule has 0 aliphatic carbocycles. The lowest BCUT2D eigenvalue weighted by atomic mass is 10.1. The highest BCUT2D eigenvalue weighted by Crippen LogP contribution is 2.26. The van der Waals surface area contributed by atoms with Crippen LogP contribution in [0.3, 0.4) is 0 Å². The van der Waals surface area contributed by atoms with Crippen molar-refractivity contribution >= 4 is 23.2 Å². The van der Waals surface area contributed by atoms with E-state index in [-0.39, 0.29) is 6.04 Å². The van der Waals surface area contributed by atoms with E-state index in [0.29, 0.717) is 22.6 Å². The third-order valence-electron chi connectivity index (χ3n) is 3.21. The van der Waals surface area contributed by atoms with Gasteiger partial charge in [0.2, 0.25) is 0 Å². The molecule has 1 atom stereocenters. The molecule has 20 heavy (non-hydrogen) atoms. The maximum Gasteiger partial charge on any atom is 0.0762 e. The molecule has 1 aromatic heterocycles. The minimum Gasteiger partial charge on any atom is -0.304 e. The number of hydrogen-bond acceptors (Lipinski definition) is 2. The maximum absolute atomic E-state index is 6.21. The van der Waals surface area contributed by atoms with Gasteiger partial charge in [-0.3, -0.25) is 4.68 Å². The monoisotopic (exact) mass is 311 g/mol. The molecule has 0 spiro atoms. The molecular formula is C15H19Cl2N3. The lowest BCUT2D eigenvalue weighted by Gasteiger charge is -2.15. The summed E-state index contributed by atoms with van der Waals surface area (Å²) in [5.74, 6) is 0. The van der Waals surface area contributed by atoms with Crippen LogP contribution in [-0.2, 0) is 6.54 Å². The summed E-state index contributed by atoms with van der Waals surface area (Å²) in [5, 5.41) is 9.28. The number of rotatable bonds is 5. The number of nitrogens with zero attached hydrogens (tertiary/aromatic N) is 2. The number of benzene rings is 1. The van der Waals surface area contributed by atoms with Gasteiger partial charge in [-0.2, -0.15) is 5.10 Å². The Hall–Kier alpha value is -1.03. The third kappa shape index (κ3) is 3.75. The Labute approximate surface area is 129 Å². The molecule has 2 rings (SSSR count). The zero-order valence-corrected chi connectivity index (χ0v) is 13.4. The van der Waals surface area contributed by atoms with E-state index in [4.69, 9.17) is 23.2 Å². The van der Waals surface area contributed by atoms with Crippen molar-refractivity contribution in [2.24, 2.45) is 0 Å². The van der Waals surface area contributed by atoms with E-state index < -0.39 is 0 Å². The minimum atomic E-state index is 0.143. The fraction of sp³-hybridized carbons (Fsp3) is 0.400. The van der Waals surface area contributed by atoms with Crippen molar-refractivity contribution in [2.45, 2.75) is 39.4 Å². The van der Waals surface area contributed by atoms with Crippen LogP contribution in [0.5, 0.6) is 0 Å². The van der Waals surface area contributed by atoms with Gasteiger partial charge in [-0.25, -0.2) is 0 Å². The van der Waals surface area contributed by atoms with Gasteiger partial charge in [0.15, 0.2) is 0 Å². The smallest absolute Gasteiger partial charge is 0.0762 e. The van der Waals surface area contributed by atoms with E-state index in [0.717, 1.165) is 11.3 Å². The zero-order chi connectivity index (χ0) is 14.7. The van der Waals surface area contributed by atoms with E-state index in [1.807, 2.05) is 29.1 Å². The molecule has 0 radical (unpaired) electrons. The Morgan fingerprint density at radius 3 is 2.55 bits per heavy atom. The Morgan fingerprint density at radius 1 is 1.20 bits per heavy atom. The van der Waals surface area contributed by atoms with Crippen LogP contribution in [0.2, 0.25) is 10.0 Å². The molecule has 0 aliphatic rings. The Bertz CT molecular complexity index is 578. The minimum absolute atomic E-state index is 0.143. The van der Waals surface area contributed by atoms with Crippen molar-refractivity contribution in [1.82, 2.24) is 15.1 Å². The van der Waals surface area contributed by atoms with Crippen molar-refractivity contribution < 1.29 is 0 Å². The van der Waals surface area contributed by atoms with E-state index in [1.165, 1.54) is 0 Å². The zero-order valence-electron chi connectivity index (χ0n) is 11.9. The summed E-state index contributed by atoms with van der Waals surface area (Å²) in [4.78, 5) is 0. The predicted octanol–water partition coefficient (Wildman–Crippen LogP) is 4.62. The van der Waals surface area contributed by atoms with Crippen molar-refractivity contribution in [3.63, 3.8) is 0 Å². The number of halogens is 2. The first-order valence-corrected chi connectivity index (χ1v) is 7.45. The molecule has 1 unspecified atom stereocenters. The van der Waals surface area contributed by atoms with Crippen LogP contribution >= 0.6 is 23.2 Å². The van der Waals surface area contributed by atoms with Gasteiger partial charge >= 0.3 is 0 Å². The molecule has 0 saturated heterocycles. The van der Waals surface area contributed by atoms with Crippen molar-refractivity contribution in [3.8, 4) is 0 Å². The van der Waals surface area contributed by atoms with Crippen LogP contribution in [-0.4, -0.2) is 9.78 Å². The Kier molecular flexibility index (Phi) is 5.08. The molecule has 5 heteroatoms. The second-order valence-corrected chi connectivity index (χ2v) is 5.99. The molecule has 1 heterocycles. The number of aromatic nitrogens is 2. The van der Waals surface area contributed by atoms with Crippen molar-refractivity contribution in [2.75, 3.05) is 0 Å². The van der Waals surface area contributed by atoms with Crippen LogP contribution in [0.15, 0.2) is 30.5 Å². The van der Waals surface area contributed by atoms with E-state index in [1.54, 1.807) is 6.07 Å². The lowest BCUT2D eigenvalue weighted by molar-refractivity contribution is 0.512. The molecule has 0 amide bonds. The molecule has 1 aromatic carbocycles. The van der Waals surface area contributed by atoms with Gasteiger partial charge in [0.25, 0.3) is 0 Å². The molecule has 0 bridgehead atoms. The van der Waals surface area contributed by atoms with Gasteiger partial charge in [-0.15, -0.1) is 0 Å². The van der Waals surface area contributed by atoms with Crippen LogP contribution < -0.4 is 5.32 Å². The quantitative estimate of drug-likeness (QED) is 0.873. The summed E-state index contributed by atoms with van der Waals surface area (Å²) in [6.07, 6.45) is 2.00. The van der Waals surface area contributed by atoms with Crippen LogP contribution in [0.1, 0.15) is 44.1 Å². The molecule has 0 fully saturated rings. The first kappa shape index (κ1) is 15.4. The summed E-state index contributed by atoms with van der Waals surface area (Å²) in [5.41, 5.74) is 2.06. The van der Waals surface area contributed by atoms with E-state index in [9.17, 15) is 0 Å². The molecule has 0 saturated carbocycles. The first-order valence-electron chi connectivity index (χ1n) is 6.69. The van der Waals surface area contributed by atoms with E-state index >= 15 is 0 Å². The summed E-state index contributed by atoms with van der Waals surface area (Å²) >= 11 is 12.1. The molecule has 2 aromatic rings. The van der Waals surface area contributed by atoms with Crippen molar-refractivity contribution in [1.29, 1.82) is 0 Å². The highest BCUT2D eigenvalue weighted by Gasteiger charge is 2.10. The summed E-state index contributed by atoms with van der Waals surface area (Å²) in [6, 6.07) is 8.13. The summed E-state index contributed by atoms with van der Waals surface area (Å²) < 4.78 is 1.96. The Balaban J connectivity index is 1.99. The van der Waals surface area contributed by atoms with Crippen molar-refractivity contribution in [3.05, 3.63) is 51.8 Å². The third-order valence-corrected chi connectivity index (χ3v) is 3.77. The molecule has 0 aliphatic heterocycles. The second kappa shape index (κ2) is 6.61. The van der Waals surface area contributed by atoms with E-state index in [2.05, 4.69) is 31.2 Å². The SMILES string of the molecule is CC(NCc1ccn(C(C)C)n1)c1ccc(Cl)cc1Cl. The fourth-order valence-electron chi connectivity index (χ4n) is 1.98. The highest BCUT2D eigenvalue weighted by atomic mass is 35.5. The van der Waals surface area contributed by atoms with Crippen LogP contribution in [0.4, 0.5) is 0 Å². The van der Waals surface area contributed by atoms with Gasteiger partial charge < -0.3 is 5.32 Å². The molecule has 3 nitrogen and oxygen atoms in total. The topological polar surface area (TPSA) is 29.9 Å². The van der Waals surface area contributed by atoms with Gasteiger partial charge in [0.05, 0.1) is 5.69 Å². The van der Waals surface area contributed by atoms with Gasteiger partial charge in [-0.1, -0.05) is 29.3 Å². The predicted molar refractivity (Wildman–Crippen MR) is 84.3 cm³/mol. The number of hydrogen-bond donors (Lipinski definition) is 1. The highest BCUT2D eigenvalue weighted by molar-refractivity contribution is 6.35. The van der Waals surface area contributed by atoms with Gasteiger partial charge in [-0.05, 0) is 44.5 Å². The van der Waals surface area contributed by atoms with Crippen LogP contribution in [0.25, 0.3) is 0 Å². The Morgan fingerprint density at radius 2 is 1.95 bits per heavy atom. The average Bonchev–Trinajstić information content (AvgIpc) is 2.85. The van der Waals surface area contributed by atoms with Gasteiger partial charge in [0.1, 0.15) is 0 Å². The maximum atomic E-state index is 6.21. The summed E-state index contributed by atoms with van der Waals surface area (Å²) in [6.45, 7) is 7.01.